The van der Waals surface area contributed by atoms with Crippen LogP contribution in [0.4, 0.5) is 11.6 Å². The number of anilines is 2. The first-order chi connectivity index (χ1) is 7.74. The SMILES string of the molecule is Nc1cc(N)nc(SCCn2ccnc2)n1. The van der Waals surface area contributed by atoms with Crippen LogP contribution in [0.3, 0.4) is 0 Å². The van der Waals surface area contributed by atoms with Crippen LogP contribution in [0.1, 0.15) is 0 Å². The Labute approximate surface area is 97.1 Å². The van der Waals surface area contributed by atoms with E-state index in [1.807, 2.05) is 10.8 Å². The Kier molecular flexibility index (Phi) is 3.25. The molecule has 84 valence electrons. The van der Waals surface area contributed by atoms with Crippen LogP contribution in [-0.2, 0) is 6.54 Å². The van der Waals surface area contributed by atoms with Crippen molar-refractivity contribution in [3.05, 3.63) is 24.8 Å². The molecule has 0 aliphatic heterocycles. The summed E-state index contributed by atoms with van der Waals surface area (Å²) in [6.07, 6.45) is 5.43. The molecule has 0 unspecified atom stereocenters. The average Bonchev–Trinajstić information content (AvgIpc) is 2.69. The number of nitrogen functional groups attached to an aromatic ring is 2. The number of hydrogen-bond acceptors (Lipinski definition) is 6. The van der Waals surface area contributed by atoms with Crippen LogP contribution in [0.5, 0.6) is 0 Å². The van der Waals surface area contributed by atoms with Gasteiger partial charge in [-0.25, -0.2) is 15.0 Å². The Morgan fingerprint density at radius 2 is 2.00 bits per heavy atom. The highest BCUT2D eigenvalue weighted by molar-refractivity contribution is 7.99. The number of nitrogens with zero attached hydrogens (tertiary/aromatic N) is 4. The van der Waals surface area contributed by atoms with Crippen molar-refractivity contribution in [1.29, 1.82) is 0 Å². The molecule has 7 heteroatoms. The first kappa shape index (κ1) is 10.7. The van der Waals surface area contributed by atoms with Gasteiger partial charge < -0.3 is 16.0 Å². The number of hydrogen-bond donors (Lipinski definition) is 2. The maximum absolute atomic E-state index is 5.57. The van der Waals surface area contributed by atoms with Gasteiger partial charge in [0.25, 0.3) is 0 Å². The molecular formula is C9H12N6S. The third-order valence-electron chi connectivity index (χ3n) is 1.89. The normalized spacial score (nSPS) is 10.5. The number of aromatic nitrogens is 4. The van der Waals surface area contributed by atoms with Crippen molar-refractivity contribution in [3.8, 4) is 0 Å². The zero-order valence-corrected chi connectivity index (χ0v) is 9.39. The third-order valence-corrected chi connectivity index (χ3v) is 2.71. The van der Waals surface area contributed by atoms with Crippen LogP contribution >= 0.6 is 11.8 Å². The van der Waals surface area contributed by atoms with E-state index < -0.39 is 0 Å². The predicted molar refractivity (Wildman–Crippen MR) is 63.8 cm³/mol. The zero-order chi connectivity index (χ0) is 11.4. The molecule has 0 fully saturated rings. The number of rotatable bonds is 4. The molecule has 0 aliphatic rings. The van der Waals surface area contributed by atoms with Crippen molar-refractivity contribution < 1.29 is 0 Å². The molecule has 0 bridgehead atoms. The minimum absolute atomic E-state index is 0.401. The molecule has 0 aliphatic carbocycles. The third kappa shape index (κ3) is 2.86. The summed E-state index contributed by atoms with van der Waals surface area (Å²) in [6, 6.07) is 1.54. The fraction of sp³-hybridized carbons (Fsp3) is 0.222. The fourth-order valence-electron chi connectivity index (χ4n) is 1.19. The summed E-state index contributed by atoms with van der Waals surface area (Å²) in [5, 5.41) is 0.609. The minimum atomic E-state index is 0.401. The summed E-state index contributed by atoms with van der Waals surface area (Å²) >= 11 is 1.52. The molecule has 4 N–H and O–H groups in total. The topological polar surface area (TPSA) is 95.6 Å². The van der Waals surface area contributed by atoms with Gasteiger partial charge in [0.15, 0.2) is 5.16 Å². The van der Waals surface area contributed by atoms with Crippen LogP contribution in [0.2, 0.25) is 0 Å². The molecule has 2 heterocycles. The molecule has 0 amide bonds. The van der Waals surface area contributed by atoms with Crippen LogP contribution in [-0.4, -0.2) is 25.3 Å². The molecule has 0 saturated carbocycles. The molecule has 6 nitrogen and oxygen atoms in total. The summed E-state index contributed by atoms with van der Waals surface area (Å²) in [5.41, 5.74) is 11.1. The van der Waals surface area contributed by atoms with E-state index in [0.29, 0.717) is 16.8 Å². The molecule has 2 aromatic rings. The summed E-state index contributed by atoms with van der Waals surface area (Å²) in [4.78, 5) is 12.1. The second-order valence-electron chi connectivity index (χ2n) is 3.15. The van der Waals surface area contributed by atoms with Gasteiger partial charge in [0.2, 0.25) is 0 Å². The first-order valence-corrected chi connectivity index (χ1v) is 5.71. The minimum Gasteiger partial charge on any atom is -0.383 e. The van der Waals surface area contributed by atoms with Gasteiger partial charge >= 0.3 is 0 Å². The van der Waals surface area contributed by atoms with Crippen molar-refractivity contribution in [1.82, 2.24) is 19.5 Å². The van der Waals surface area contributed by atoms with Crippen LogP contribution in [0.25, 0.3) is 0 Å². The maximum Gasteiger partial charge on any atom is 0.191 e. The first-order valence-electron chi connectivity index (χ1n) is 4.72. The number of thioether (sulfide) groups is 1. The summed E-state index contributed by atoms with van der Waals surface area (Å²) in [5.74, 6) is 1.65. The lowest BCUT2D eigenvalue weighted by molar-refractivity contribution is 0.768. The maximum atomic E-state index is 5.57. The van der Waals surface area contributed by atoms with E-state index in [0.717, 1.165) is 12.3 Å². The van der Waals surface area contributed by atoms with E-state index >= 15 is 0 Å². The quantitative estimate of drug-likeness (QED) is 0.597. The molecule has 0 spiro atoms. The summed E-state index contributed by atoms with van der Waals surface area (Å²) in [6.45, 7) is 0.850. The Morgan fingerprint density at radius 3 is 2.62 bits per heavy atom. The van der Waals surface area contributed by atoms with Gasteiger partial charge in [0, 0.05) is 30.8 Å². The largest absolute Gasteiger partial charge is 0.383 e. The molecule has 2 aromatic heterocycles. The van der Waals surface area contributed by atoms with Gasteiger partial charge in [-0.05, 0) is 0 Å². The van der Waals surface area contributed by atoms with Gasteiger partial charge in [-0.3, -0.25) is 0 Å². The Bertz CT molecular complexity index is 435. The summed E-state index contributed by atoms with van der Waals surface area (Å²) in [7, 11) is 0. The zero-order valence-electron chi connectivity index (χ0n) is 8.58. The van der Waals surface area contributed by atoms with Crippen molar-refractivity contribution in [2.75, 3.05) is 17.2 Å². The lowest BCUT2D eigenvalue weighted by atomic mass is 10.5. The monoisotopic (exact) mass is 236 g/mol. The van der Waals surface area contributed by atoms with Crippen LogP contribution < -0.4 is 11.5 Å². The van der Waals surface area contributed by atoms with Crippen molar-refractivity contribution in [2.45, 2.75) is 11.7 Å². The Hall–Kier alpha value is -1.76. The number of imidazole rings is 1. The van der Waals surface area contributed by atoms with E-state index in [1.54, 1.807) is 18.6 Å². The van der Waals surface area contributed by atoms with Gasteiger partial charge in [-0.2, -0.15) is 0 Å². The second-order valence-corrected chi connectivity index (χ2v) is 4.21. The van der Waals surface area contributed by atoms with E-state index in [2.05, 4.69) is 15.0 Å². The second kappa shape index (κ2) is 4.84. The number of aryl methyl sites for hydroxylation is 1. The van der Waals surface area contributed by atoms with Gasteiger partial charge in [0.1, 0.15) is 11.6 Å². The van der Waals surface area contributed by atoms with Gasteiger partial charge in [0.05, 0.1) is 6.33 Å². The smallest absolute Gasteiger partial charge is 0.191 e. The highest BCUT2D eigenvalue weighted by Gasteiger charge is 2.01. The lowest BCUT2D eigenvalue weighted by Gasteiger charge is -2.03. The highest BCUT2D eigenvalue weighted by atomic mass is 32.2. The summed E-state index contributed by atoms with van der Waals surface area (Å²) < 4.78 is 1.99. The van der Waals surface area contributed by atoms with E-state index in [1.165, 1.54) is 11.8 Å². The molecule has 2 rings (SSSR count). The van der Waals surface area contributed by atoms with Gasteiger partial charge in [-0.15, -0.1) is 0 Å². The van der Waals surface area contributed by atoms with E-state index in [4.69, 9.17) is 11.5 Å². The molecule has 0 atom stereocenters. The highest BCUT2D eigenvalue weighted by Crippen LogP contribution is 2.16. The van der Waals surface area contributed by atoms with E-state index in [-0.39, 0.29) is 0 Å². The molecule has 0 saturated heterocycles. The fourth-order valence-corrected chi connectivity index (χ4v) is 2.01. The van der Waals surface area contributed by atoms with Crippen molar-refractivity contribution in [3.63, 3.8) is 0 Å². The molecule has 16 heavy (non-hydrogen) atoms. The van der Waals surface area contributed by atoms with Crippen molar-refractivity contribution >= 4 is 23.4 Å². The van der Waals surface area contributed by atoms with Crippen LogP contribution in [0.15, 0.2) is 29.9 Å². The number of nitrogens with two attached hydrogens (primary N) is 2. The Morgan fingerprint density at radius 1 is 1.25 bits per heavy atom. The average molecular weight is 236 g/mol. The molecular weight excluding hydrogens is 224 g/mol. The predicted octanol–water partition coefficient (Wildman–Crippen LogP) is 0.630. The van der Waals surface area contributed by atoms with E-state index in [9.17, 15) is 0 Å². The van der Waals surface area contributed by atoms with Crippen molar-refractivity contribution in [2.24, 2.45) is 0 Å². The standard InChI is InChI=1S/C9H12N6S/c10-7-5-8(11)14-9(13-7)16-4-3-15-2-1-12-6-15/h1-2,5-6H,3-4H2,(H4,10,11,13,14). The molecule has 0 aromatic carbocycles. The lowest BCUT2D eigenvalue weighted by Crippen LogP contribution is -2.01. The molecule has 0 radical (unpaired) electrons. The Balaban J connectivity index is 1.89. The van der Waals surface area contributed by atoms with Gasteiger partial charge in [-0.1, -0.05) is 11.8 Å². The van der Waals surface area contributed by atoms with Crippen LogP contribution in [0, 0.1) is 0 Å².